The van der Waals surface area contributed by atoms with Crippen molar-refractivity contribution in [2.24, 2.45) is 0 Å². The van der Waals surface area contributed by atoms with Gasteiger partial charge in [0.05, 0.1) is 16.5 Å². The van der Waals surface area contributed by atoms with Crippen LogP contribution in [0.3, 0.4) is 0 Å². The third-order valence-electron chi connectivity index (χ3n) is 5.25. The average Bonchev–Trinajstić information content (AvgIpc) is 3.13. The highest BCUT2D eigenvalue weighted by atomic mass is 35.5. The minimum atomic E-state index is -0.550. The highest BCUT2D eigenvalue weighted by molar-refractivity contribution is 8.18. The Hall–Kier alpha value is -3.82. The van der Waals surface area contributed by atoms with Gasteiger partial charge in [-0.3, -0.25) is 19.3 Å². The van der Waals surface area contributed by atoms with Gasteiger partial charge in [-0.25, -0.2) is 4.39 Å². The quantitative estimate of drug-likeness (QED) is 0.329. The molecule has 7 nitrogen and oxygen atoms in total. The Bertz CT molecular complexity index is 1330. The Balaban J connectivity index is 1.34. The van der Waals surface area contributed by atoms with Crippen molar-refractivity contribution < 1.29 is 28.2 Å². The molecule has 10 heteroatoms. The number of imide groups is 1. The Morgan fingerprint density at radius 2 is 1.70 bits per heavy atom. The second kappa shape index (κ2) is 11.9. The fourth-order valence-electron chi connectivity index (χ4n) is 3.42. The molecule has 0 unspecified atom stereocenters. The number of thioether (sulfide) groups is 1. The molecule has 0 saturated carbocycles. The number of amides is 3. The van der Waals surface area contributed by atoms with Crippen molar-refractivity contribution in [1.29, 1.82) is 0 Å². The topological polar surface area (TPSA) is 84.9 Å². The lowest BCUT2D eigenvalue weighted by molar-refractivity contribution is -0.127. The molecule has 1 aliphatic rings. The molecule has 1 saturated heterocycles. The predicted octanol–water partition coefficient (Wildman–Crippen LogP) is 6.13. The van der Waals surface area contributed by atoms with Gasteiger partial charge < -0.3 is 14.8 Å². The molecule has 1 aliphatic heterocycles. The molecule has 0 atom stereocenters. The first kappa shape index (κ1) is 26.2. The summed E-state index contributed by atoms with van der Waals surface area (Å²) in [5.74, 6) is -0.343. The van der Waals surface area contributed by atoms with E-state index >= 15 is 0 Å². The maximum Gasteiger partial charge on any atom is 0.294 e. The van der Waals surface area contributed by atoms with Gasteiger partial charge in [0.25, 0.3) is 11.1 Å². The zero-order chi connectivity index (χ0) is 26.4. The van der Waals surface area contributed by atoms with E-state index in [2.05, 4.69) is 5.32 Å². The van der Waals surface area contributed by atoms with E-state index in [1.807, 2.05) is 6.92 Å². The summed E-state index contributed by atoms with van der Waals surface area (Å²) >= 11 is 6.78. The highest BCUT2D eigenvalue weighted by Crippen LogP contribution is 2.32. The average molecular weight is 541 g/mol. The first-order valence-electron chi connectivity index (χ1n) is 11.3. The second-order valence-corrected chi connectivity index (χ2v) is 9.23. The van der Waals surface area contributed by atoms with Crippen molar-refractivity contribution in [3.05, 3.63) is 93.6 Å². The first-order chi connectivity index (χ1) is 17.8. The summed E-state index contributed by atoms with van der Waals surface area (Å²) in [6, 6.07) is 17.9. The molecule has 1 fully saturated rings. The molecule has 1 N–H and O–H groups in total. The maximum absolute atomic E-state index is 13.9. The van der Waals surface area contributed by atoms with Gasteiger partial charge in [0.2, 0.25) is 5.91 Å². The van der Waals surface area contributed by atoms with Crippen molar-refractivity contribution >= 4 is 52.2 Å². The molecule has 3 aromatic rings. The Labute approximate surface area is 222 Å². The summed E-state index contributed by atoms with van der Waals surface area (Å²) in [5.41, 5.74) is 1.43. The van der Waals surface area contributed by atoms with Crippen LogP contribution in [0.15, 0.2) is 71.6 Å². The fourth-order valence-corrected chi connectivity index (χ4v) is 4.47. The number of carbonyl (C=O) groups is 3. The number of nitrogens with zero attached hydrogens (tertiary/aromatic N) is 1. The van der Waals surface area contributed by atoms with Crippen molar-refractivity contribution in [1.82, 2.24) is 4.90 Å². The van der Waals surface area contributed by atoms with Crippen LogP contribution in [0.2, 0.25) is 5.02 Å². The van der Waals surface area contributed by atoms with Gasteiger partial charge in [0, 0.05) is 11.3 Å². The lowest BCUT2D eigenvalue weighted by atomic mass is 10.2. The van der Waals surface area contributed by atoms with Crippen LogP contribution in [0.5, 0.6) is 11.5 Å². The van der Waals surface area contributed by atoms with E-state index in [9.17, 15) is 18.8 Å². The monoisotopic (exact) mass is 540 g/mol. The maximum atomic E-state index is 13.9. The fraction of sp³-hybridized carbons (Fsp3) is 0.148. The first-order valence-corrected chi connectivity index (χ1v) is 12.5. The summed E-state index contributed by atoms with van der Waals surface area (Å²) in [7, 11) is 0. The molecule has 3 amide bonds. The van der Waals surface area contributed by atoms with E-state index in [1.54, 1.807) is 60.7 Å². The van der Waals surface area contributed by atoms with Crippen LogP contribution in [-0.2, 0) is 16.2 Å². The van der Waals surface area contributed by atoms with E-state index in [1.165, 1.54) is 12.1 Å². The third-order valence-corrected chi connectivity index (χ3v) is 6.51. The summed E-state index contributed by atoms with van der Waals surface area (Å²) < 4.78 is 24.9. The lowest BCUT2D eigenvalue weighted by Crippen LogP contribution is -2.36. The number of nitrogens with one attached hydrogen (secondary N) is 1. The van der Waals surface area contributed by atoms with Gasteiger partial charge in [0.1, 0.15) is 30.5 Å². The minimum absolute atomic E-state index is 0.0392. The summed E-state index contributed by atoms with van der Waals surface area (Å²) in [6.07, 6.45) is 1.56. The third kappa shape index (κ3) is 6.69. The SMILES string of the molecule is CCOc1ccc(NC(=O)CN2C(=O)S/C(=C\c3ccc(OCc4c(F)cccc4Cl)cc3)C2=O)cc1. The summed E-state index contributed by atoms with van der Waals surface area (Å²) in [6.45, 7) is 1.96. The zero-order valence-electron chi connectivity index (χ0n) is 19.7. The van der Waals surface area contributed by atoms with Gasteiger partial charge in [0.15, 0.2) is 0 Å². The standard InChI is InChI=1S/C27H22ClFN2O5S/c1-2-35-19-12-8-18(9-13-19)30-25(32)15-31-26(33)24(37-27(31)34)14-17-6-10-20(11-7-17)36-16-21-22(28)4-3-5-23(21)29/h3-14H,2,15-16H2,1H3,(H,30,32)/b24-14-. The number of anilines is 1. The molecule has 190 valence electrons. The van der Waals surface area contributed by atoms with Crippen LogP contribution in [0, 0.1) is 5.82 Å². The molecular weight excluding hydrogens is 519 g/mol. The largest absolute Gasteiger partial charge is 0.494 e. The van der Waals surface area contributed by atoms with Crippen molar-refractivity contribution in [3.63, 3.8) is 0 Å². The molecule has 3 aromatic carbocycles. The predicted molar refractivity (Wildman–Crippen MR) is 141 cm³/mol. The summed E-state index contributed by atoms with van der Waals surface area (Å²) in [4.78, 5) is 38.7. The molecular formula is C27H22ClFN2O5S. The van der Waals surface area contributed by atoms with Gasteiger partial charge in [-0.2, -0.15) is 0 Å². The highest BCUT2D eigenvalue weighted by Gasteiger charge is 2.36. The smallest absolute Gasteiger partial charge is 0.294 e. The molecule has 0 radical (unpaired) electrons. The van der Waals surface area contributed by atoms with E-state index in [0.29, 0.717) is 29.4 Å². The lowest BCUT2D eigenvalue weighted by Gasteiger charge is -2.12. The van der Waals surface area contributed by atoms with E-state index < -0.39 is 29.4 Å². The number of hydrogen-bond donors (Lipinski definition) is 1. The number of carbonyl (C=O) groups excluding carboxylic acids is 3. The number of hydrogen-bond acceptors (Lipinski definition) is 6. The molecule has 37 heavy (non-hydrogen) atoms. The molecule has 0 aromatic heterocycles. The van der Waals surface area contributed by atoms with Crippen LogP contribution in [0.1, 0.15) is 18.1 Å². The van der Waals surface area contributed by atoms with E-state index in [-0.39, 0.29) is 22.1 Å². The normalized spacial score (nSPS) is 14.2. The van der Waals surface area contributed by atoms with Gasteiger partial charge in [-0.1, -0.05) is 29.8 Å². The summed E-state index contributed by atoms with van der Waals surface area (Å²) in [5, 5.41) is 2.42. The van der Waals surface area contributed by atoms with Crippen LogP contribution >= 0.6 is 23.4 Å². The molecule has 0 aliphatic carbocycles. The van der Waals surface area contributed by atoms with Crippen molar-refractivity contribution in [3.8, 4) is 11.5 Å². The second-order valence-electron chi connectivity index (χ2n) is 7.83. The Morgan fingerprint density at radius 1 is 1.03 bits per heavy atom. The number of rotatable bonds is 9. The van der Waals surface area contributed by atoms with Crippen LogP contribution in [-0.4, -0.2) is 35.1 Å². The molecule has 0 spiro atoms. The van der Waals surface area contributed by atoms with Crippen molar-refractivity contribution in [2.45, 2.75) is 13.5 Å². The Kier molecular flexibility index (Phi) is 8.47. The number of ether oxygens (including phenoxy) is 2. The van der Waals surface area contributed by atoms with Gasteiger partial charge >= 0.3 is 0 Å². The van der Waals surface area contributed by atoms with Gasteiger partial charge in [-0.05, 0) is 78.9 Å². The Morgan fingerprint density at radius 3 is 2.38 bits per heavy atom. The molecule has 0 bridgehead atoms. The number of benzene rings is 3. The van der Waals surface area contributed by atoms with Crippen LogP contribution in [0.25, 0.3) is 6.08 Å². The van der Waals surface area contributed by atoms with Gasteiger partial charge in [-0.15, -0.1) is 0 Å². The van der Waals surface area contributed by atoms with Crippen LogP contribution in [0.4, 0.5) is 14.9 Å². The number of halogens is 2. The van der Waals surface area contributed by atoms with E-state index in [4.69, 9.17) is 21.1 Å². The van der Waals surface area contributed by atoms with Crippen LogP contribution < -0.4 is 14.8 Å². The molecule has 1 heterocycles. The minimum Gasteiger partial charge on any atom is -0.494 e. The molecule has 4 rings (SSSR count). The van der Waals surface area contributed by atoms with Crippen molar-refractivity contribution in [2.75, 3.05) is 18.5 Å². The zero-order valence-corrected chi connectivity index (χ0v) is 21.3. The van der Waals surface area contributed by atoms with E-state index in [0.717, 1.165) is 16.7 Å².